The first-order chi connectivity index (χ1) is 10.8. The van der Waals surface area contributed by atoms with Crippen LogP contribution in [-0.4, -0.2) is 24.7 Å². The minimum Gasteiger partial charge on any atom is -0.494 e. The van der Waals surface area contributed by atoms with Crippen LogP contribution >= 0.6 is 0 Å². The standard InChI is InChI=1S/C17H20N4O/c1-2-22-15-6-7-16-13(11-15)10-14(12-18)17(20-16)21-9-5-3-4-8-19-21/h6-7,10-11,19H,2-5,8-9H2,1H3. The third kappa shape index (κ3) is 2.97. The molecular weight excluding hydrogens is 276 g/mol. The molecule has 1 saturated heterocycles. The van der Waals surface area contributed by atoms with Gasteiger partial charge in [0.05, 0.1) is 17.7 Å². The maximum absolute atomic E-state index is 9.48. The van der Waals surface area contributed by atoms with Crippen molar-refractivity contribution in [3.8, 4) is 11.8 Å². The van der Waals surface area contributed by atoms with Gasteiger partial charge in [-0.3, -0.25) is 5.01 Å². The maximum atomic E-state index is 9.48. The normalized spacial score (nSPS) is 15.4. The van der Waals surface area contributed by atoms with Gasteiger partial charge >= 0.3 is 0 Å². The van der Waals surface area contributed by atoms with Crippen molar-refractivity contribution in [3.63, 3.8) is 0 Å². The Morgan fingerprint density at radius 3 is 3.05 bits per heavy atom. The van der Waals surface area contributed by atoms with Gasteiger partial charge in [-0.1, -0.05) is 6.42 Å². The van der Waals surface area contributed by atoms with Gasteiger partial charge in [-0.15, -0.1) is 0 Å². The lowest BCUT2D eigenvalue weighted by atomic mass is 10.1. The van der Waals surface area contributed by atoms with Crippen LogP contribution in [0.5, 0.6) is 5.75 Å². The number of benzene rings is 1. The number of hydrogen-bond donors (Lipinski definition) is 1. The molecule has 1 aliphatic rings. The van der Waals surface area contributed by atoms with Crippen LogP contribution in [0.15, 0.2) is 24.3 Å². The molecule has 0 unspecified atom stereocenters. The van der Waals surface area contributed by atoms with E-state index in [0.29, 0.717) is 12.2 Å². The lowest BCUT2D eigenvalue weighted by Gasteiger charge is -2.23. The van der Waals surface area contributed by atoms with Crippen molar-refractivity contribution in [3.05, 3.63) is 29.8 Å². The van der Waals surface area contributed by atoms with Gasteiger partial charge in [0.15, 0.2) is 5.82 Å². The van der Waals surface area contributed by atoms with E-state index in [-0.39, 0.29) is 0 Å². The number of anilines is 1. The molecule has 0 aliphatic carbocycles. The van der Waals surface area contributed by atoms with Crippen LogP contribution in [0.3, 0.4) is 0 Å². The highest BCUT2D eigenvalue weighted by atomic mass is 16.5. The van der Waals surface area contributed by atoms with Crippen LogP contribution in [0.4, 0.5) is 5.82 Å². The first-order valence-electron chi connectivity index (χ1n) is 7.80. The second-order valence-corrected chi connectivity index (χ2v) is 5.38. The first-order valence-corrected chi connectivity index (χ1v) is 7.80. The van der Waals surface area contributed by atoms with Crippen molar-refractivity contribution >= 4 is 16.7 Å². The van der Waals surface area contributed by atoms with E-state index in [1.165, 1.54) is 6.42 Å². The molecule has 0 spiro atoms. The zero-order valence-electron chi connectivity index (χ0n) is 12.8. The Balaban J connectivity index is 2.02. The van der Waals surface area contributed by atoms with Gasteiger partial charge < -0.3 is 4.74 Å². The topological polar surface area (TPSA) is 61.2 Å². The molecule has 22 heavy (non-hydrogen) atoms. The number of nitrogens with one attached hydrogen (secondary N) is 1. The predicted octanol–water partition coefficient (Wildman–Crippen LogP) is 3.00. The number of hydrazine groups is 1. The van der Waals surface area contributed by atoms with Crippen molar-refractivity contribution in [2.24, 2.45) is 0 Å². The monoisotopic (exact) mass is 296 g/mol. The number of nitrogens with zero attached hydrogens (tertiary/aromatic N) is 3. The molecule has 1 aromatic heterocycles. The van der Waals surface area contributed by atoms with E-state index in [2.05, 4.69) is 11.5 Å². The van der Waals surface area contributed by atoms with Gasteiger partial charge in [-0.25, -0.2) is 10.4 Å². The van der Waals surface area contributed by atoms with Crippen molar-refractivity contribution in [2.75, 3.05) is 24.7 Å². The molecule has 1 aromatic carbocycles. The summed E-state index contributed by atoms with van der Waals surface area (Å²) >= 11 is 0. The molecule has 5 heteroatoms. The summed E-state index contributed by atoms with van der Waals surface area (Å²) in [5.74, 6) is 1.53. The van der Waals surface area contributed by atoms with Crippen molar-refractivity contribution in [1.82, 2.24) is 10.4 Å². The number of ether oxygens (including phenoxy) is 1. The number of pyridine rings is 1. The lowest BCUT2D eigenvalue weighted by molar-refractivity contribution is 0.340. The average molecular weight is 296 g/mol. The summed E-state index contributed by atoms with van der Waals surface area (Å²) in [7, 11) is 0. The molecule has 114 valence electrons. The van der Waals surface area contributed by atoms with Crippen molar-refractivity contribution < 1.29 is 4.74 Å². The van der Waals surface area contributed by atoms with E-state index in [9.17, 15) is 5.26 Å². The van der Waals surface area contributed by atoms with E-state index in [1.54, 1.807) is 0 Å². The quantitative estimate of drug-likeness (QED) is 0.943. The van der Waals surface area contributed by atoms with Gasteiger partial charge in [0.2, 0.25) is 0 Å². The third-order valence-corrected chi connectivity index (χ3v) is 3.81. The molecule has 1 fully saturated rings. The van der Waals surface area contributed by atoms with Gasteiger partial charge in [0.25, 0.3) is 0 Å². The number of hydrogen-bond acceptors (Lipinski definition) is 5. The first kappa shape index (κ1) is 14.6. The van der Waals surface area contributed by atoms with Crippen LogP contribution in [-0.2, 0) is 0 Å². The van der Waals surface area contributed by atoms with Crippen LogP contribution in [0.2, 0.25) is 0 Å². The van der Waals surface area contributed by atoms with E-state index >= 15 is 0 Å². The minimum atomic E-state index is 0.593. The van der Waals surface area contributed by atoms with Crippen LogP contribution < -0.4 is 15.2 Å². The minimum absolute atomic E-state index is 0.593. The number of nitriles is 1. The molecule has 1 aliphatic heterocycles. The molecule has 2 aromatic rings. The maximum Gasteiger partial charge on any atom is 0.161 e. The molecule has 5 nitrogen and oxygen atoms in total. The highest BCUT2D eigenvalue weighted by Gasteiger charge is 2.16. The van der Waals surface area contributed by atoms with Gasteiger partial charge in [0.1, 0.15) is 11.8 Å². The number of fused-ring (bicyclic) bond motifs is 1. The molecule has 0 bridgehead atoms. The molecule has 3 rings (SSSR count). The Morgan fingerprint density at radius 2 is 2.23 bits per heavy atom. The van der Waals surface area contributed by atoms with Gasteiger partial charge in [-0.2, -0.15) is 5.26 Å². The van der Waals surface area contributed by atoms with Crippen LogP contribution in [0.1, 0.15) is 31.7 Å². The summed E-state index contributed by atoms with van der Waals surface area (Å²) in [5.41, 5.74) is 4.84. The van der Waals surface area contributed by atoms with Crippen molar-refractivity contribution in [2.45, 2.75) is 26.2 Å². The average Bonchev–Trinajstić information content (AvgIpc) is 2.83. The zero-order chi connectivity index (χ0) is 15.4. The van der Waals surface area contributed by atoms with Gasteiger partial charge in [0, 0.05) is 18.5 Å². The summed E-state index contributed by atoms with van der Waals surface area (Å²) in [6.45, 7) is 4.38. The Morgan fingerprint density at radius 1 is 1.32 bits per heavy atom. The molecule has 2 heterocycles. The van der Waals surface area contributed by atoms with E-state index in [4.69, 9.17) is 9.72 Å². The van der Waals surface area contributed by atoms with E-state index in [1.807, 2.05) is 36.2 Å². The highest BCUT2D eigenvalue weighted by molar-refractivity contribution is 5.84. The Labute approximate surface area is 130 Å². The second-order valence-electron chi connectivity index (χ2n) is 5.38. The van der Waals surface area contributed by atoms with E-state index < -0.39 is 0 Å². The number of rotatable bonds is 3. The molecule has 0 radical (unpaired) electrons. The largest absolute Gasteiger partial charge is 0.494 e. The summed E-state index contributed by atoms with van der Waals surface area (Å²) in [6, 6.07) is 9.97. The SMILES string of the molecule is CCOc1ccc2nc(N3CCCCCN3)c(C#N)cc2c1. The fourth-order valence-electron chi connectivity index (χ4n) is 2.73. The summed E-state index contributed by atoms with van der Waals surface area (Å²) in [4.78, 5) is 4.70. The molecular formula is C17H20N4O. The molecule has 0 saturated carbocycles. The second kappa shape index (κ2) is 6.63. The Kier molecular flexibility index (Phi) is 4.40. The summed E-state index contributed by atoms with van der Waals surface area (Å²) < 4.78 is 5.52. The zero-order valence-corrected chi connectivity index (χ0v) is 12.8. The van der Waals surface area contributed by atoms with Crippen LogP contribution in [0.25, 0.3) is 10.9 Å². The third-order valence-electron chi connectivity index (χ3n) is 3.81. The highest BCUT2D eigenvalue weighted by Crippen LogP contribution is 2.26. The number of aromatic nitrogens is 1. The fraction of sp³-hybridized carbons (Fsp3) is 0.412. The summed E-state index contributed by atoms with van der Waals surface area (Å²) in [6.07, 6.45) is 3.47. The van der Waals surface area contributed by atoms with Crippen molar-refractivity contribution in [1.29, 1.82) is 5.26 Å². The van der Waals surface area contributed by atoms with E-state index in [0.717, 1.165) is 48.4 Å². The lowest BCUT2D eigenvalue weighted by Crippen LogP contribution is -2.38. The molecule has 0 amide bonds. The van der Waals surface area contributed by atoms with Crippen LogP contribution in [0, 0.1) is 11.3 Å². The fourth-order valence-corrected chi connectivity index (χ4v) is 2.73. The molecule has 0 atom stereocenters. The Bertz CT molecular complexity index is 700. The van der Waals surface area contributed by atoms with Gasteiger partial charge in [-0.05, 0) is 44.0 Å². The summed E-state index contributed by atoms with van der Waals surface area (Å²) in [5, 5.41) is 12.4. The predicted molar refractivity (Wildman–Crippen MR) is 86.8 cm³/mol. The smallest absolute Gasteiger partial charge is 0.161 e. The Hall–Kier alpha value is -2.32. The molecule has 1 N–H and O–H groups in total.